The maximum absolute atomic E-state index is 14.0. The normalized spacial score (nSPS) is 22.2. The van der Waals surface area contributed by atoms with Gasteiger partial charge in [-0.2, -0.15) is 5.10 Å². The maximum atomic E-state index is 14.0. The number of anilines is 1. The van der Waals surface area contributed by atoms with Crippen LogP contribution in [0.1, 0.15) is 37.3 Å². The van der Waals surface area contributed by atoms with Crippen molar-refractivity contribution >= 4 is 29.0 Å². The number of piperidine rings is 1. The molecule has 4 rings (SSSR count). The zero-order valence-corrected chi connectivity index (χ0v) is 17.8. The summed E-state index contributed by atoms with van der Waals surface area (Å²) in [6, 6.07) is 0.827. The predicted molar refractivity (Wildman–Crippen MR) is 117 cm³/mol. The molecule has 11 heteroatoms. The van der Waals surface area contributed by atoms with Gasteiger partial charge in [-0.15, -0.1) is 0 Å². The monoisotopic (exact) mass is 490 g/mol. The van der Waals surface area contributed by atoms with E-state index >= 15 is 0 Å². The number of aromatic nitrogens is 3. The summed E-state index contributed by atoms with van der Waals surface area (Å²) >= 11 is 11.9. The van der Waals surface area contributed by atoms with Crippen molar-refractivity contribution in [2.75, 3.05) is 18.8 Å². The van der Waals surface area contributed by atoms with E-state index in [1.165, 1.54) is 24.7 Å². The summed E-state index contributed by atoms with van der Waals surface area (Å²) < 4.78 is 89.9. The van der Waals surface area contributed by atoms with Gasteiger partial charge in [-0.05, 0) is 44.0 Å². The van der Waals surface area contributed by atoms with Gasteiger partial charge >= 0.3 is 0 Å². The van der Waals surface area contributed by atoms with Crippen LogP contribution in [0.3, 0.4) is 0 Å². The van der Waals surface area contributed by atoms with Crippen LogP contribution in [0.4, 0.5) is 19.0 Å². The third kappa shape index (κ3) is 4.65. The molecule has 170 valence electrons. The molecule has 3 N–H and O–H groups in total. The number of pyridine rings is 1. The number of nitrogen functional groups attached to an aromatic ring is 1. The largest absolute Gasteiger partial charge is 0.476 e. The van der Waals surface area contributed by atoms with E-state index in [9.17, 15) is 13.2 Å². The second-order valence-electron chi connectivity index (χ2n) is 6.72. The van der Waals surface area contributed by atoms with E-state index in [1.54, 1.807) is 0 Å². The van der Waals surface area contributed by atoms with E-state index in [0.717, 1.165) is 16.8 Å². The van der Waals surface area contributed by atoms with Gasteiger partial charge in [-0.25, -0.2) is 18.2 Å². The molecule has 1 aliphatic heterocycles. The minimum absolute atomic E-state index is 0.235. The molecule has 1 saturated heterocycles. The fraction of sp³-hybridized carbons (Fsp3) is 0.333. The van der Waals surface area contributed by atoms with Crippen LogP contribution in [0.2, 0.25) is 10.0 Å². The van der Waals surface area contributed by atoms with Gasteiger partial charge in [-0.1, -0.05) is 23.2 Å². The Balaban J connectivity index is 1.72. The molecule has 2 aromatic heterocycles. The topological polar surface area (TPSA) is 78.0 Å². The third-order valence-corrected chi connectivity index (χ3v) is 5.35. The number of hydrogen-bond donors (Lipinski definition) is 2. The Morgan fingerprint density at radius 1 is 1.25 bits per heavy atom. The first-order valence-corrected chi connectivity index (χ1v) is 10.0. The molecule has 0 saturated carbocycles. The Hall–Kier alpha value is -2.49. The predicted octanol–water partition coefficient (Wildman–Crippen LogP) is 5.28. The number of hydrogen-bond acceptors (Lipinski definition) is 5. The fourth-order valence-corrected chi connectivity index (χ4v) is 3.64. The average molecular weight is 491 g/mol. The first-order chi connectivity index (χ1) is 17.2. The quantitative estimate of drug-likeness (QED) is 0.459. The highest BCUT2D eigenvalue weighted by Crippen LogP contribution is 2.39. The second-order valence-corrected chi connectivity index (χ2v) is 7.50. The Morgan fingerprint density at radius 2 is 2.00 bits per heavy atom. The lowest BCUT2D eigenvalue weighted by atomic mass is 10.1. The van der Waals surface area contributed by atoms with Gasteiger partial charge in [-0.3, -0.25) is 4.68 Å². The van der Waals surface area contributed by atoms with Crippen molar-refractivity contribution in [3.8, 4) is 16.9 Å². The zero-order chi connectivity index (χ0) is 27.3. The fourth-order valence-electron chi connectivity index (χ4n) is 3.06. The van der Waals surface area contributed by atoms with Crippen molar-refractivity contribution in [3.63, 3.8) is 0 Å². The van der Waals surface area contributed by atoms with Crippen LogP contribution in [0.15, 0.2) is 36.8 Å². The molecule has 32 heavy (non-hydrogen) atoms. The van der Waals surface area contributed by atoms with E-state index in [-0.39, 0.29) is 40.8 Å². The van der Waals surface area contributed by atoms with Crippen molar-refractivity contribution < 1.29 is 24.8 Å². The first-order valence-electron chi connectivity index (χ1n) is 11.8. The van der Waals surface area contributed by atoms with Gasteiger partial charge in [0, 0.05) is 39.6 Å². The van der Waals surface area contributed by atoms with Crippen LogP contribution in [0.25, 0.3) is 11.1 Å². The van der Waals surface area contributed by atoms with E-state index in [2.05, 4.69) is 15.4 Å². The number of halogens is 5. The summed E-state index contributed by atoms with van der Waals surface area (Å²) in [5.41, 5.74) is 5.86. The average Bonchev–Trinajstić information content (AvgIpc) is 3.31. The minimum Gasteiger partial charge on any atom is -0.476 e. The van der Waals surface area contributed by atoms with E-state index in [1.807, 2.05) is 0 Å². The van der Waals surface area contributed by atoms with Crippen LogP contribution >= 0.6 is 23.2 Å². The van der Waals surface area contributed by atoms with Crippen molar-refractivity contribution in [1.29, 1.82) is 0 Å². The summed E-state index contributed by atoms with van der Waals surface area (Å²) in [6.45, 7) is -0.542. The maximum Gasteiger partial charge on any atom is 0.279 e. The summed E-state index contributed by atoms with van der Waals surface area (Å²) in [7, 11) is 0. The smallest absolute Gasteiger partial charge is 0.279 e. The van der Waals surface area contributed by atoms with E-state index in [4.69, 9.17) is 40.5 Å². The lowest BCUT2D eigenvalue weighted by molar-refractivity contribution is 0.0107. The molecule has 3 heterocycles. The van der Waals surface area contributed by atoms with Gasteiger partial charge < -0.3 is 15.8 Å². The third-order valence-electron chi connectivity index (χ3n) is 4.64. The van der Waals surface area contributed by atoms with Crippen molar-refractivity contribution in [3.05, 3.63) is 58.2 Å². The van der Waals surface area contributed by atoms with Crippen LogP contribution in [-0.4, -0.2) is 34.3 Å². The molecule has 1 aliphatic rings. The highest BCUT2D eigenvalue weighted by Gasteiger charge is 2.31. The summed E-state index contributed by atoms with van der Waals surface area (Å²) in [5, 5.41) is 5.79. The molecule has 6 nitrogen and oxygen atoms in total. The highest BCUT2D eigenvalue weighted by atomic mass is 35.5. The van der Waals surface area contributed by atoms with E-state index in [0.29, 0.717) is 0 Å². The summed E-state index contributed by atoms with van der Waals surface area (Å²) in [6.07, 6.45) is -6.19. The molecular formula is C21H20Cl2F3N5O. The Labute approximate surface area is 199 Å². The van der Waals surface area contributed by atoms with Gasteiger partial charge in [0.05, 0.1) is 18.6 Å². The van der Waals surface area contributed by atoms with Crippen LogP contribution < -0.4 is 15.8 Å². The molecule has 1 unspecified atom stereocenters. The Morgan fingerprint density at radius 3 is 2.72 bits per heavy atom. The molecule has 0 aliphatic carbocycles. The molecule has 0 radical (unpaired) electrons. The number of nitrogens with two attached hydrogens (primary N) is 1. The van der Waals surface area contributed by atoms with Crippen molar-refractivity contribution in [2.24, 2.45) is 0 Å². The number of benzene rings is 1. The Bertz CT molecular complexity index is 1310. The number of ether oxygens (including phenoxy) is 1. The van der Waals surface area contributed by atoms with E-state index < -0.39 is 47.7 Å². The van der Waals surface area contributed by atoms with Crippen LogP contribution in [0.5, 0.6) is 5.75 Å². The lowest BCUT2D eigenvalue weighted by Crippen LogP contribution is -2.29. The van der Waals surface area contributed by atoms with Crippen LogP contribution in [0, 0.1) is 5.82 Å². The Kier molecular flexibility index (Phi) is 5.09. The summed E-state index contributed by atoms with van der Waals surface area (Å²) in [5.74, 6) is -1.54. The molecule has 1 atom stereocenters. The minimum atomic E-state index is -3.19. The van der Waals surface area contributed by atoms with Crippen molar-refractivity contribution in [2.45, 2.75) is 31.3 Å². The van der Waals surface area contributed by atoms with Crippen molar-refractivity contribution in [1.82, 2.24) is 20.1 Å². The van der Waals surface area contributed by atoms with Crippen LogP contribution in [-0.2, 0) is 0 Å². The summed E-state index contributed by atoms with van der Waals surface area (Å²) in [4.78, 5) is 3.95. The molecule has 0 bridgehead atoms. The molecule has 1 aromatic carbocycles. The molecular weight excluding hydrogens is 466 g/mol. The van der Waals surface area contributed by atoms with Gasteiger partial charge in [0.2, 0.25) is 0 Å². The molecule has 0 amide bonds. The number of rotatable bonds is 6. The SMILES string of the molecule is [2H]C1([2H])CNCC([2H])([2H])C1([2H])n1cc(-c2cnc(N)c(OC(c3c(Cl)ccc(F)c3Cl)C(F)F)c2)cn1. The second kappa shape index (κ2) is 9.56. The molecule has 3 aromatic rings. The highest BCUT2D eigenvalue weighted by molar-refractivity contribution is 6.36. The number of nitrogens with zero attached hydrogens (tertiary/aromatic N) is 3. The molecule has 0 spiro atoms. The van der Waals surface area contributed by atoms with Gasteiger partial charge in [0.15, 0.2) is 17.7 Å². The number of nitrogens with one attached hydrogen (secondary N) is 1. The first kappa shape index (κ1) is 17.0. The molecule has 1 fully saturated rings. The standard InChI is InChI=1S/C21H20Cl2F3N5O/c22-14-1-2-15(24)18(23)17(14)19(20(25)26)32-16-7-11(8-29-21(16)27)12-9-30-31(10-12)13-3-5-28-6-4-13/h1-2,7-10,13,19-20,28H,3-6H2,(H2,27,29)/i3D2,4D2,13D. The van der Waals surface area contributed by atoms with Gasteiger partial charge in [0.1, 0.15) is 5.82 Å². The number of alkyl halides is 2. The lowest BCUT2D eigenvalue weighted by Gasteiger charge is -2.22. The van der Waals surface area contributed by atoms with Gasteiger partial charge in [0.25, 0.3) is 6.43 Å². The zero-order valence-electron chi connectivity index (χ0n) is 21.3.